The monoisotopic (exact) mass is 652 g/mol. The number of halogens is 1. The molecular weight excluding hydrogens is 615 g/mol. The normalized spacial score (nSPS) is 18.0. The second-order valence-corrected chi connectivity index (χ2v) is 13.1. The van der Waals surface area contributed by atoms with E-state index in [-0.39, 0.29) is 34.3 Å². The van der Waals surface area contributed by atoms with Crippen LogP contribution in [0.3, 0.4) is 0 Å². The smallest absolute Gasteiger partial charge is 0.256 e. The molecular formula is C36H37FN6O5. The molecule has 3 aliphatic heterocycles. The molecule has 2 saturated heterocycles. The van der Waals surface area contributed by atoms with Crippen LogP contribution in [0.5, 0.6) is 11.5 Å². The Labute approximate surface area is 275 Å². The molecule has 2 aromatic heterocycles. The standard InChI is InChI=1S/C36H37FN6O5/c1-21(44)39-22-8-11-42(19-22)33-27(37)16-25-32-35(33)48-31-17-24-23-6-3-4-7-29(23)47-30(24)18-28(31)43(32)20-26(34(25)45)36(46)38-9-5-10-41-14-12-40(2)13-15-41/h3-4,6-7,16-18,20,22H,5,8-15,19H2,1-2H3,(H,38,46)(H,39,44)/t22-/m1/s1. The molecule has 0 saturated carbocycles. The van der Waals surface area contributed by atoms with Gasteiger partial charge in [0.25, 0.3) is 5.91 Å². The third-order valence-electron chi connectivity index (χ3n) is 9.79. The molecule has 0 aliphatic carbocycles. The summed E-state index contributed by atoms with van der Waals surface area (Å²) in [4.78, 5) is 45.8. The van der Waals surface area contributed by atoms with Crippen LogP contribution in [-0.4, -0.2) is 91.6 Å². The van der Waals surface area contributed by atoms with Gasteiger partial charge in [0.1, 0.15) is 27.9 Å². The van der Waals surface area contributed by atoms with Crippen molar-refractivity contribution in [3.8, 4) is 17.2 Å². The molecule has 3 aliphatic rings. The Balaban J connectivity index is 1.21. The average molecular weight is 653 g/mol. The summed E-state index contributed by atoms with van der Waals surface area (Å²) in [7, 11) is 2.11. The van der Waals surface area contributed by atoms with E-state index in [1.165, 1.54) is 19.2 Å². The molecule has 2 amide bonds. The lowest BCUT2D eigenvalue weighted by atomic mass is 10.0. The van der Waals surface area contributed by atoms with Gasteiger partial charge in [0.15, 0.2) is 17.3 Å². The number of furan rings is 1. The van der Waals surface area contributed by atoms with Gasteiger partial charge in [-0.15, -0.1) is 0 Å². The van der Waals surface area contributed by atoms with Crippen LogP contribution in [0.15, 0.2) is 57.9 Å². The largest absolute Gasteiger partial charge is 0.456 e. The molecule has 248 valence electrons. The highest BCUT2D eigenvalue weighted by atomic mass is 19.1. The maximum Gasteiger partial charge on any atom is 0.256 e. The molecule has 0 bridgehead atoms. The lowest BCUT2D eigenvalue weighted by molar-refractivity contribution is -0.119. The minimum Gasteiger partial charge on any atom is -0.456 e. The van der Waals surface area contributed by atoms with Crippen molar-refractivity contribution < 1.29 is 23.1 Å². The number of likely N-dealkylation sites (N-methyl/N-ethyl adjacent to an activating group) is 1. The average Bonchev–Trinajstić information content (AvgIpc) is 3.67. The summed E-state index contributed by atoms with van der Waals surface area (Å²) in [5, 5.41) is 7.62. The van der Waals surface area contributed by atoms with E-state index in [1.807, 2.05) is 41.3 Å². The van der Waals surface area contributed by atoms with Gasteiger partial charge in [0, 0.05) is 81.8 Å². The minimum atomic E-state index is -0.632. The third kappa shape index (κ3) is 5.25. The fourth-order valence-corrected chi connectivity index (χ4v) is 7.32. The zero-order valence-corrected chi connectivity index (χ0v) is 27.0. The number of ether oxygens (including phenoxy) is 1. The van der Waals surface area contributed by atoms with Crippen LogP contribution in [0.25, 0.3) is 38.5 Å². The third-order valence-corrected chi connectivity index (χ3v) is 9.79. The molecule has 2 N–H and O–H groups in total. The number of fused-ring (bicyclic) bond motifs is 5. The number of hydrogen-bond donors (Lipinski definition) is 2. The van der Waals surface area contributed by atoms with Crippen molar-refractivity contribution in [2.24, 2.45) is 0 Å². The van der Waals surface area contributed by atoms with Crippen LogP contribution in [-0.2, 0) is 4.79 Å². The van der Waals surface area contributed by atoms with Crippen molar-refractivity contribution in [1.82, 2.24) is 25.0 Å². The molecule has 2 fully saturated rings. The number of nitrogens with one attached hydrogen (secondary N) is 2. The number of carbonyl (C=O) groups is 2. The Morgan fingerprint density at radius 2 is 1.81 bits per heavy atom. The number of nitrogens with zero attached hydrogens (tertiary/aromatic N) is 4. The summed E-state index contributed by atoms with van der Waals surface area (Å²) < 4.78 is 30.7. The Bertz CT molecular complexity index is 2170. The zero-order valence-electron chi connectivity index (χ0n) is 27.0. The molecule has 0 spiro atoms. The van der Waals surface area contributed by atoms with Crippen molar-refractivity contribution in [3.05, 3.63) is 70.3 Å². The Morgan fingerprint density at radius 3 is 2.62 bits per heavy atom. The highest BCUT2D eigenvalue weighted by molar-refractivity contribution is 6.07. The summed E-state index contributed by atoms with van der Waals surface area (Å²) in [5.74, 6) is -0.653. The van der Waals surface area contributed by atoms with E-state index in [1.54, 1.807) is 4.57 Å². The predicted molar refractivity (Wildman–Crippen MR) is 182 cm³/mol. The maximum atomic E-state index is 16.2. The van der Waals surface area contributed by atoms with Gasteiger partial charge in [0.2, 0.25) is 11.3 Å². The van der Waals surface area contributed by atoms with Gasteiger partial charge in [-0.2, -0.15) is 0 Å². The molecule has 0 unspecified atom stereocenters. The van der Waals surface area contributed by atoms with Crippen LogP contribution in [0.4, 0.5) is 10.1 Å². The maximum absolute atomic E-state index is 16.2. The second-order valence-electron chi connectivity index (χ2n) is 13.1. The van der Waals surface area contributed by atoms with E-state index in [0.717, 1.165) is 49.9 Å². The first-order chi connectivity index (χ1) is 23.2. The second kappa shape index (κ2) is 11.9. The van der Waals surface area contributed by atoms with Gasteiger partial charge >= 0.3 is 0 Å². The fraction of sp³-hybridized carbons (Fsp3) is 0.361. The first-order valence-electron chi connectivity index (χ1n) is 16.5. The van der Waals surface area contributed by atoms with Gasteiger partial charge < -0.3 is 39.1 Å². The molecule has 0 radical (unpaired) electrons. The molecule has 3 aromatic carbocycles. The number of piperazine rings is 1. The Hall–Kier alpha value is -4.94. The molecule has 48 heavy (non-hydrogen) atoms. The van der Waals surface area contributed by atoms with E-state index >= 15 is 4.39 Å². The number of amides is 2. The minimum absolute atomic E-state index is 0.0456. The van der Waals surface area contributed by atoms with Gasteiger partial charge in [-0.25, -0.2) is 4.39 Å². The number of rotatable bonds is 7. The van der Waals surface area contributed by atoms with Gasteiger partial charge in [-0.1, -0.05) is 18.2 Å². The summed E-state index contributed by atoms with van der Waals surface area (Å²) >= 11 is 0. The lowest BCUT2D eigenvalue weighted by Crippen LogP contribution is -2.45. The van der Waals surface area contributed by atoms with E-state index in [0.29, 0.717) is 54.2 Å². The van der Waals surface area contributed by atoms with Gasteiger partial charge in [-0.05, 0) is 44.6 Å². The molecule has 8 rings (SSSR count). The van der Waals surface area contributed by atoms with Crippen molar-refractivity contribution in [2.45, 2.75) is 25.8 Å². The molecule has 12 heteroatoms. The number of hydrogen-bond acceptors (Lipinski definition) is 8. The number of pyridine rings is 1. The number of para-hydroxylation sites is 1. The van der Waals surface area contributed by atoms with Crippen molar-refractivity contribution in [2.75, 3.05) is 64.3 Å². The van der Waals surface area contributed by atoms with E-state index in [9.17, 15) is 14.4 Å². The summed E-state index contributed by atoms with van der Waals surface area (Å²) in [6.45, 7) is 7.60. The van der Waals surface area contributed by atoms with Crippen LogP contribution in [0.1, 0.15) is 30.1 Å². The van der Waals surface area contributed by atoms with Crippen molar-refractivity contribution in [3.63, 3.8) is 0 Å². The van der Waals surface area contributed by atoms with Crippen LogP contribution >= 0.6 is 0 Å². The predicted octanol–water partition coefficient (Wildman–Crippen LogP) is 4.22. The Kier molecular flexibility index (Phi) is 7.56. The topological polar surface area (TPSA) is 112 Å². The first kappa shape index (κ1) is 30.4. The quantitative estimate of drug-likeness (QED) is 0.247. The van der Waals surface area contributed by atoms with Gasteiger partial charge in [-0.3, -0.25) is 14.4 Å². The number of aromatic nitrogens is 1. The van der Waals surface area contributed by atoms with Gasteiger partial charge in [0.05, 0.1) is 11.1 Å². The van der Waals surface area contributed by atoms with Crippen LogP contribution in [0.2, 0.25) is 0 Å². The zero-order chi connectivity index (χ0) is 33.1. The lowest BCUT2D eigenvalue weighted by Gasteiger charge is -2.32. The summed E-state index contributed by atoms with van der Waals surface area (Å²) in [5.41, 5.74) is 1.83. The van der Waals surface area contributed by atoms with E-state index < -0.39 is 17.2 Å². The fourth-order valence-electron chi connectivity index (χ4n) is 7.32. The summed E-state index contributed by atoms with van der Waals surface area (Å²) in [6.07, 6.45) is 2.91. The first-order valence-corrected chi connectivity index (χ1v) is 16.5. The molecule has 1 atom stereocenters. The summed E-state index contributed by atoms with van der Waals surface area (Å²) in [6, 6.07) is 12.4. The van der Waals surface area contributed by atoms with E-state index in [4.69, 9.17) is 9.15 Å². The molecule has 5 heterocycles. The molecule has 11 nitrogen and oxygen atoms in total. The number of benzene rings is 3. The Morgan fingerprint density at radius 1 is 1.00 bits per heavy atom. The molecule has 5 aromatic rings. The van der Waals surface area contributed by atoms with Crippen molar-refractivity contribution >= 4 is 50.3 Å². The number of anilines is 1. The van der Waals surface area contributed by atoms with E-state index in [2.05, 4.69) is 27.5 Å². The highest BCUT2D eigenvalue weighted by Crippen LogP contribution is 2.49. The van der Waals surface area contributed by atoms with Crippen LogP contribution in [0, 0.1) is 5.82 Å². The SMILES string of the molecule is CC(=O)N[C@@H]1CCN(c2c(F)cc3c(=O)c(C(=O)NCCCN4CCN(C)CC4)cn4c3c2Oc2cc3c(cc2-4)oc2ccccc23)C1. The van der Waals surface area contributed by atoms with Crippen molar-refractivity contribution in [1.29, 1.82) is 0 Å². The van der Waals surface area contributed by atoms with Crippen LogP contribution < -0.4 is 25.7 Å². The number of carbonyl (C=O) groups excluding carboxylic acids is 2. The highest BCUT2D eigenvalue weighted by Gasteiger charge is 2.34.